The van der Waals surface area contributed by atoms with Crippen LogP contribution in [0.2, 0.25) is 0 Å². The number of rotatable bonds is 5. The highest BCUT2D eigenvalue weighted by Gasteiger charge is 2.05. The van der Waals surface area contributed by atoms with E-state index < -0.39 is 0 Å². The third-order valence-corrected chi connectivity index (χ3v) is 2.91. The number of amides is 1. The lowest BCUT2D eigenvalue weighted by Crippen LogP contribution is -2.25. The largest absolute Gasteiger partial charge is 0.351 e. The van der Waals surface area contributed by atoms with Crippen LogP contribution in [0.15, 0.2) is 37.3 Å². The Morgan fingerprint density at radius 2 is 2.14 bits per heavy atom. The maximum Gasteiger partial charge on any atom is 0.271 e. The molecular weight excluding hydrogens is 270 g/mol. The van der Waals surface area contributed by atoms with E-state index in [0.29, 0.717) is 18.0 Å². The summed E-state index contributed by atoms with van der Waals surface area (Å²) in [6, 6.07) is 0. The third kappa shape index (κ3) is 3.16. The van der Waals surface area contributed by atoms with Crippen molar-refractivity contribution in [1.82, 2.24) is 34.9 Å². The topological polar surface area (TPSA) is 98.0 Å². The zero-order valence-electron chi connectivity index (χ0n) is 11.2. The number of carbonyl (C=O) groups is 1. The van der Waals surface area contributed by atoms with Crippen LogP contribution in [-0.2, 0) is 6.42 Å². The Balaban J connectivity index is 1.49. The molecule has 3 heterocycles. The average molecular weight is 283 g/mol. The van der Waals surface area contributed by atoms with E-state index in [2.05, 4.69) is 30.4 Å². The smallest absolute Gasteiger partial charge is 0.271 e. The van der Waals surface area contributed by atoms with Crippen LogP contribution < -0.4 is 5.32 Å². The minimum absolute atomic E-state index is 0.215. The lowest BCUT2D eigenvalue weighted by molar-refractivity contribution is 0.0948. The highest BCUT2D eigenvalue weighted by atomic mass is 16.1. The molecule has 0 radical (unpaired) electrons. The monoisotopic (exact) mass is 283 g/mol. The van der Waals surface area contributed by atoms with Gasteiger partial charge in [0.15, 0.2) is 0 Å². The molecule has 0 atom stereocenters. The zero-order chi connectivity index (χ0) is 14.5. The number of fused-ring (bicyclic) bond motifs is 1. The maximum atomic E-state index is 11.7. The van der Waals surface area contributed by atoms with E-state index in [-0.39, 0.29) is 5.91 Å². The lowest BCUT2D eigenvalue weighted by atomic mass is 10.2. The molecule has 8 heteroatoms. The first-order chi connectivity index (χ1) is 10.3. The first kappa shape index (κ1) is 13.1. The molecule has 8 nitrogen and oxygen atoms in total. The van der Waals surface area contributed by atoms with Crippen molar-refractivity contribution < 1.29 is 4.79 Å². The molecule has 0 aliphatic carbocycles. The van der Waals surface area contributed by atoms with Crippen molar-refractivity contribution in [3.05, 3.63) is 48.6 Å². The van der Waals surface area contributed by atoms with Crippen molar-refractivity contribution in [2.45, 2.75) is 12.8 Å². The van der Waals surface area contributed by atoms with E-state index in [1.54, 1.807) is 10.7 Å². The molecule has 106 valence electrons. The van der Waals surface area contributed by atoms with E-state index >= 15 is 0 Å². The SMILES string of the molecule is O=C(NCCCc1cnc2ncnn2c1)c1cnccn1. The van der Waals surface area contributed by atoms with Crippen LogP contribution in [0, 0.1) is 0 Å². The van der Waals surface area contributed by atoms with Gasteiger partial charge in [0.1, 0.15) is 12.0 Å². The van der Waals surface area contributed by atoms with Gasteiger partial charge in [0.05, 0.1) is 6.20 Å². The Kier molecular flexibility index (Phi) is 3.77. The van der Waals surface area contributed by atoms with Crippen LogP contribution in [0.3, 0.4) is 0 Å². The summed E-state index contributed by atoms with van der Waals surface area (Å²) in [5.74, 6) is 0.364. The van der Waals surface area contributed by atoms with E-state index in [9.17, 15) is 4.79 Å². The Labute approximate surface area is 120 Å². The Morgan fingerprint density at radius 3 is 3.00 bits per heavy atom. The molecule has 3 aromatic rings. The molecule has 1 amide bonds. The standard InChI is InChI=1S/C13H13N7O/c21-12(11-7-14-4-5-15-11)16-3-1-2-10-6-17-13-18-9-19-20(13)8-10/h4-9H,1-3H2,(H,16,21). The Bertz CT molecular complexity index is 740. The fourth-order valence-electron chi connectivity index (χ4n) is 1.89. The Morgan fingerprint density at radius 1 is 1.19 bits per heavy atom. The molecule has 0 aliphatic rings. The van der Waals surface area contributed by atoms with Gasteiger partial charge in [0.2, 0.25) is 0 Å². The molecule has 0 unspecified atom stereocenters. The van der Waals surface area contributed by atoms with Gasteiger partial charge in [-0.1, -0.05) is 0 Å². The minimum atomic E-state index is -0.215. The fraction of sp³-hybridized carbons (Fsp3) is 0.231. The molecule has 0 bridgehead atoms. The van der Waals surface area contributed by atoms with Crippen molar-refractivity contribution in [2.24, 2.45) is 0 Å². The van der Waals surface area contributed by atoms with Crippen molar-refractivity contribution in [2.75, 3.05) is 6.54 Å². The van der Waals surface area contributed by atoms with Crippen molar-refractivity contribution in [3.8, 4) is 0 Å². The molecule has 0 aliphatic heterocycles. The first-order valence-corrected chi connectivity index (χ1v) is 6.51. The molecule has 1 N–H and O–H groups in total. The van der Waals surface area contributed by atoms with Crippen LogP contribution >= 0.6 is 0 Å². The second-order valence-corrected chi connectivity index (χ2v) is 4.42. The highest BCUT2D eigenvalue weighted by molar-refractivity contribution is 5.91. The summed E-state index contributed by atoms with van der Waals surface area (Å²) in [7, 11) is 0. The van der Waals surface area contributed by atoms with E-state index in [1.807, 2.05) is 6.20 Å². The summed E-state index contributed by atoms with van der Waals surface area (Å²) >= 11 is 0. The fourth-order valence-corrected chi connectivity index (χ4v) is 1.89. The predicted molar refractivity (Wildman–Crippen MR) is 73.5 cm³/mol. The number of nitrogens with one attached hydrogen (secondary N) is 1. The molecular formula is C13H13N7O. The molecule has 3 rings (SSSR count). The molecule has 0 saturated carbocycles. The van der Waals surface area contributed by atoms with Crippen LogP contribution in [0.5, 0.6) is 0 Å². The summed E-state index contributed by atoms with van der Waals surface area (Å²) < 4.78 is 1.63. The third-order valence-electron chi connectivity index (χ3n) is 2.91. The molecule has 21 heavy (non-hydrogen) atoms. The summed E-state index contributed by atoms with van der Waals surface area (Å²) in [5.41, 5.74) is 1.37. The average Bonchev–Trinajstić information content (AvgIpc) is 3.00. The second-order valence-electron chi connectivity index (χ2n) is 4.42. The van der Waals surface area contributed by atoms with E-state index in [1.165, 1.54) is 24.9 Å². The van der Waals surface area contributed by atoms with E-state index in [0.717, 1.165) is 18.4 Å². The Hall–Kier alpha value is -2.90. The van der Waals surface area contributed by atoms with Crippen molar-refractivity contribution >= 4 is 11.7 Å². The summed E-state index contributed by atoms with van der Waals surface area (Å²) in [6.45, 7) is 0.560. The highest BCUT2D eigenvalue weighted by Crippen LogP contribution is 2.02. The molecule has 0 saturated heterocycles. The van der Waals surface area contributed by atoms with Gasteiger partial charge >= 0.3 is 0 Å². The number of nitrogens with zero attached hydrogens (tertiary/aromatic N) is 6. The van der Waals surface area contributed by atoms with Gasteiger partial charge in [-0.2, -0.15) is 10.1 Å². The van der Waals surface area contributed by atoms with Gasteiger partial charge in [0.25, 0.3) is 11.7 Å². The second kappa shape index (κ2) is 6.04. The normalized spacial score (nSPS) is 10.7. The molecule has 0 spiro atoms. The number of carbonyl (C=O) groups excluding carboxylic acids is 1. The number of aromatic nitrogens is 6. The van der Waals surface area contributed by atoms with Crippen LogP contribution in [0.25, 0.3) is 5.78 Å². The lowest BCUT2D eigenvalue weighted by Gasteiger charge is -2.04. The summed E-state index contributed by atoms with van der Waals surface area (Å²) in [5, 5.41) is 6.84. The summed E-state index contributed by atoms with van der Waals surface area (Å²) in [4.78, 5) is 27.7. The minimum Gasteiger partial charge on any atom is -0.351 e. The van der Waals surface area contributed by atoms with Gasteiger partial charge in [-0.05, 0) is 18.4 Å². The molecule has 0 aromatic carbocycles. The molecule has 0 fully saturated rings. The maximum absolute atomic E-state index is 11.7. The van der Waals surface area contributed by atoms with Crippen molar-refractivity contribution in [1.29, 1.82) is 0 Å². The number of hydrogen-bond acceptors (Lipinski definition) is 6. The van der Waals surface area contributed by atoms with Crippen molar-refractivity contribution in [3.63, 3.8) is 0 Å². The first-order valence-electron chi connectivity index (χ1n) is 6.51. The number of hydrogen-bond donors (Lipinski definition) is 1. The molecule has 3 aromatic heterocycles. The predicted octanol–water partition coefficient (Wildman–Crippen LogP) is 0.277. The van der Waals surface area contributed by atoms with Gasteiger partial charge in [-0.25, -0.2) is 14.5 Å². The number of aryl methyl sites for hydroxylation is 1. The summed E-state index contributed by atoms with van der Waals surface area (Å²) in [6.07, 6.45) is 11.2. The van der Waals surface area contributed by atoms with Crippen LogP contribution in [-0.4, -0.2) is 42.0 Å². The van der Waals surface area contributed by atoms with E-state index in [4.69, 9.17) is 0 Å². The van der Waals surface area contributed by atoms with Crippen LogP contribution in [0.1, 0.15) is 22.5 Å². The van der Waals surface area contributed by atoms with Gasteiger partial charge < -0.3 is 5.32 Å². The van der Waals surface area contributed by atoms with Gasteiger partial charge in [-0.3, -0.25) is 9.78 Å². The quantitative estimate of drug-likeness (QED) is 0.675. The van der Waals surface area contributed by atoms with Gasteiger partial charge in [0, 0.05) is 31.3 Å². The zero-order valence-corrected chi connectivity index (χ0v) is 11.2. The van der Waals surface area contributed by atoms with Gasteiger partial charge in [-0.15, -0.1) is 0 Å². The van der Waals surface area contributed by atoms with Crippen LogP contribution in [0.4, 0.5) is 0 Å².